The molecule has 3 aromatic rings. The van der Waals surface area contributed by atoms with E-state index in [0.29, 0.717) is 6.54 Å². The lowest BCUT2D eigenvalue weighted by molar-refractivity contribution is 0.668. The molecule has 0 atom stereocenters. The number of aromatic nitrogens is 4. The molecule has 0 bridgehead atoms. The monoisotopic (exact) mass is 253 g/mol. The highest BCUT2D eigenvalue weighted by Gasteiger charge is 2.04. The Morgan fingerprint density at radius 1 is 1.11 bits per heavy atom. The average molecular weight is 253 g/mol. The van der Waals surface area contributed by atoms with Gasteiger partial charge in [0, 0.05) is 20.3 Å². The van der Waals surface area contributed by atoms with Gasteiger partial charge in [0.1, 0.15) is 11.3 Å². The molecule has 96 valence electrons. The van der Waals surface area contributed by atoms with Crippen molar-refractivity contribution in [3.05, 3.63) is 48.2 Å². The molecule has 1 aromatic carbocycles. The maximum atomic E-state index is 4.40. The van der Waals surface area contributed by atoms with E-state index in [9.17, 15) is 0 Å². The fourth-order valence-electron chi connectivity index (χ4n) is 1.98. The van der Waals surface area contributed by atoms with Crippen molar-refractivity contribution in [3.8, 4) is 0 Å². The Morgan fingerprint density at radius 3 is 2.68 bits per heavy atom. The molecule has 0 saturated carbocycles. The van der Waals surface area contributed by atoms with Crippen LogP contribution < -0.4 is 4.90 Å². The maximum absolute atomic E-state index is 4.40. The second-order valence-corrected chi connectivity index (χ2v) is 4.65. The quantitative estimate of drug-likeness (QED) is 0.715. The van der Waals surface area contributed by atoms with Crippen molar-refractivity contribution in [2.45, 2.75) is 6.54 Å². The molecule has 0 aliphatic heterocycles. The van der Waals surface area contributed by atoms with Gasteiger partial charge in [-0.2, -0.15) is 0 Å². The highest BCUT2D eigenvalue weighted by molar-refractivity contribution is 5.73. The van der Waals surface area contributed by atoms with Crippen LogP contribution in [0, 0.1) is 0 Å². The van der Waals surface area contributed by atoms with Gasteiger partial charge >= 0.3 is 0 Å². The van der Waals surface area contributed by atoms with Gasteiger partial charge in [-0.25, -0.2) is 9.67 Å². The van der Waals surface area contributed by atoms with E-state index < -0.39 is 0 Å². The molecule has 0 spiro atoms. The van der Waals surface area contributed by atoms with Gasteiger partial charge in [0.25, 0.3) is 0 Å². The van der Waals surface area contributed by atoms with E-state index in [1.54, 1.807) is 0 Å². The van der Waals surface area contributed by atoms with Crippen LogP contribution in [0.4, 0.5) is 5.82 Å². The lowest BCUT2D eigenvalue weighted by atomic mass is 10.2. The minimum absolute atomic E-state index is 0.682. The van der Waals surface area contributed by atoms with Crippen molar-refractivity contribution >= 4 is 16.9 Å². The summed E-state index contributed by atoms with van der Waals surface area (Å²) in [5, 5.41) is 8.32. The van der Waals surface area contributed by atoms with Crippen molar-refractivity contribution in [1.29, 1.82) is 0 Å². The van der Waals surface area contributed by atoms with Crippen molar-refractivity contribution in [3.63, 3.8) is 0 Å². The van der Waals surface area contributed by atoms with Gasteiger partial charge in [-0.15, -0.1) is 5.10 Å². The molecule has 2 heterocycles. The zero-order valence-electron chi connectivity index (χ0n) is 11.0. The fraction of sp³-hybridized carbons (Fsp3) is 0.214. The van der Waals surface area contributed by atoms with Gasteiger partial charge in [0.15, 0.2) is 0 Å². The van der Waals surface area contributed by atoms with Gasteiger partial charge in [0.05, 0.1) is 12.1 Å². The lowest BCUT2D eigenvalue weighted by Gasteiger charge is -2.11. The first-order valence-electron chi connectivity index (χ1n) is 6.14. The van der Waals surface area contributed by atoms with E-state index in [4.69, 9.17) is 0 Å². The van der Waals surface area contributed by atoms with Crippen molar-refractivity contribution < 1.29 is 0 Å². The summed E-state index contributed by atoms with van der Waals surface area (Å²) in [6.45, 7) is 0.682. The van der Waals surface area contributed by atoms with Crippen LogP contribution in [0.25, 0.3) is 11.0 Å². The number of pyridine rings is 1. The Balaban J connectivity index is 1.88. The normalized spacial score (nSPS) is 10.8. The summed E-state index contributed by atoms with van der Waals surface area (Å²) in [5.74, 6) is 0.951. The average Bonchev–Trinajstić information content (AvgIpc) is 2.83. The van der Waals surface area contributed by atoms with Gasteiger partial charge in [-0.1, -0.05) is 23.4 Å². The van der Waals surface area contributed by atoms with Crippen molar-refractivity contribution in [2.24, 2.45) is 0 Å². The Kier molecular flexibility index (Phi) is 2.87. The van der Waals surface area contributed by atoms with E-state index in [0.717, 1.165) is 22.4 Å². The van der Waals surface area contributed by atoms with Gasteiger partial charge < -0.3 is 4.90 Å². The Labute approximate surface area is 111 Å². The van der Waals surface area contributed by atoms with Gasteiger partial charge in [0.2, 0.25) is 0 Å². The van der Waals surface area contributed by atoms with Crippen LogP contribution in [-0.2, 0) is 6.54 Å². The van der Waals surface area contributed by atoms with Gasteiger partial charge in [-0.05, 0) is 23.8 Å². The van der Waals surface area contributed by atoms with Crippen LogP contribution in [-0.4, -0.2) is 34.1 Å². The smallest absolute Gasteiger partial charge is 0.127 e. The molecule has 5 nitrogen and oxygen atoms in total. The largest absolute Gasteiger partial charge is 0.363 e. The van der Waals surface area contributed by atoms with E-state index in [1.807, 2.05) is 60.2 Å². The third kappa shape index (κ3) is 2.27. The second-order valence-electron chi connectivity index (χ2n) is 4.65. The molecule has 0 unspecified atom stereocenters. The van der Waals surface area contributed by atoms with Gasteiger partial charge in [-0.3, -0.25) is 0 Å². The fourth-order valence-corrected chi connectivity index (χ4v) is 1.98. The number of hydrogen-bond donors (Lipinski definition) is 0. The molecule has 0 aliphatic carbocycles. The zero-order valence-corrected chi connectivity index (χ0v) is 11.0. The SMILES string of the molecule is CN(C)c1ccc(Cn2nnc3ccccc32)cn1. The Hall–Kier alpha value is -2.43. The molecule has 0 saturated heterocycles. The third-order valence-corrected chi connectivity index (χ3v) is 3.02. The first kappa shape index (κ1) is 11.6. The number of benzene rings is 1. The second kappa shape index (κ2) is 4.68. The molecule has 0 amide bonds. The van der Waals surface area contributed by atoms with Crippen LogP contribution in [0.1, 0.15) is 5.56 Å². The molecular weight excluding hydrogens is 238 g/mol. The molecule has 5 heteroatoms. The third-order valence-electron chi connectivity index (χ3n) is 3.02. The number of nitrogens with zero attached hydrogens (tertiary/aromatic N) is 5. The summed E-state index contributed by atoms with van der Waals surface area (Å²) >= 11 is 0. The number of hydrogen-bond acceptors (Lipinski definition) is 4. The standard InChI is InChI=1S/C14H15N5/c1-18(2)14-8-7-11(9-15-14)10-19-13-6-4-3-5-12(13)16-17-19/h3-9H,10H2,1-2H3. The maximum Gasteiger partial charge on any atom is 0.127 e. The summed E-state index contributed by atoms with van der Waals surface area (Å²) in [6.07, 6.45) is 1.88. The first-order valence-corrected chi connectivity index (χ1v) is 6.14. The van der Waals surface area contributed by atoms with Crippen molar-refractivity contribution in [1.82, 2.24) is 20.0 Å². The van der Waals surface area contributed by atoms with E-state index >= 15 is 0 Å². The minimum atomic E-state index is 0.682. The highest BCUT2D eigenvalue weighted by atomic mass is 15.4. The summed E-state index contributed by atoms with van der Waals surface area (Å²) in [5.41, 5.74) is 3.07. The van der Waals surface area contributed by atoms with Crippen LogP contribution in [0.3, 0.4) is 0 Å². The Bertz CT molecular complexity index is 684. The predicted molar refractivity (Wildman–Crippen MR) is 75.2 cm³/mol. The number of fused-ring (bicyclic) bond motifs is 1. The van der Waals surface area contributed by atoms with Crippen LogP contribution in [0.2, 0.25) is 0 Å². The molecule has 0 aliphatic rings. The summed E-state index contributed by atoms with van der Waals surface area (Å²) in [6, 6.07) is 12.0. The van der Waals surface area contributed by atoms with Crippen molar-refractivity contribution in [2.75, 3.05) is 19.0 Å². The van der Waals surface area contributed by atoms with E-state index in [2.05, 4.69) is 21.4 Å². The molecule has 0 N–H and O–H groups in total. The zero-order chi connectivity index (χ0) is 13.2. The molecule has 19 heavy (non-hydrogen) atoms. The van der Waals surface area contributed by atoms with Crippen LogP contribution >= 0.6 is 0 Å². The predicted octanol–water partition coefficient (Wildman–Crippen LogP) is 1.94. The molecule has 2 aromatic heterocycles. The van der Waals surface area contributed by atoms with E-state index in [1.165, 1.54) is 0 Å². The Morgan fingerprint density at radius 2 is 1.95 bits per heavy atom. The summed E-state index contributed by atoms with van der Waals surface area (Å²) < 4.78 is 1.89. The topological polar surface area (TPSA) is 46.8 Å². The number of rotatable bonds is 3. The minimum Gasteiger partial charge on any atom is -0.363 e. The molecular formula is C14H15N5. The lowest BCUT2D eigenvalue weighted by Crippen LogP contribution is -2.10. The first-order chi connectivity index (χ1) is 9.24. The number of para-hydroxylation sites is 1. The highest BCUT2D eigenvalue weighted by Crippen LogP contribution is 2.13. The van der Waals surface area contributed by atoms with Crippen LogP contribution in [0.15, 0.2) is 42.6 Å². The summed E-state index contributed by atoms with van der Waals surface area (Å²) in [7, 11) is 3.96. The number of anilines is 1. The molecule has 3 rings (SSSR count). The molecule has 0 radical (unpaired) electrons. The summed E-state index contributed by atoms with van der Waals surface area (Å²) in [4.78, 5) is 6.38. The van der Waals surface area contributed by atoms with E-state index in [-0.39, 0.29) is 0 Å². The molecule has 0 fully saturated rings. The van der Waals surface area contributed by atoms with Crippen LogP contribution in [0.5, 0.6) is 0 Å².